The molecule has 0 bridgehead atoms. The molecule has 0 unspecified atom stereocenters. The smallest absolute Gasteiger partial charge is 0.236 e. The van der Waals surface area contributed by atoms with Crippen molar-refractivity contribution in [3.63, 3.8) is 0 Å². The minimum Gasteiger partial charge on any atom is -0.379 e. The maximum atomic E-state index is 12.1. The summed E-state index contributed by atoms with van der Waals surface area (Å²) < 4.78 is 5.10. The van der Waals surface area contributed by atoms with Gasteiger partial charge in [0.1, 0.15) is 0 Å². The molecule has 1 aromatic carbocycles. The van der Waals surface area contributed by atoms with Gasteiger partial charge in [0.15, 0.2) is 5.13 Å². The maximum Gasteiger partial charge on any atom is 0.236 e. The molecule has 2 heterocycles. The Hall–Kier alpha value is -1.43. The Balaban J connectivity index is 1.65. The van der Waals surface area contributed by atoms with E-state index in [1.807, 2.05) is 31.2 Å². The van der Waals surface area contributed by atoms with Crippen LogP contribution in [0.2, 0.25) is 5.02 Å². The van der Waals surface area contributed by atoms with Gasteiger partial charge in [0.2, 0.25) is 5.91 Å². The van der Waals surface area contributed by atoms with Gasteiger partial charge in [-0.05, 0) is 24.6 Å². The van der Waals surface area contributed by atoms with Gasteiger partial charge in [0.25, 0.3) is 0 Å². The number of carbonyl (C=O) groups excluding carboxylic acids is 1. The topological polar surface area (TPSA) is 51.2 Å². The summed E-state index contributed by atoms with van der Waals surface area (Å²) in [5.41, 5.74) is 0.710. The van der Waals surface area contributed by atoms with Crippen LogP contribution in [0.5, 0.6) is 0 Å². The molecule has 0 atom stereocenters. The average molecular weight is 323 g/mol. The van der Waals surface area contributed by atoms with E-state index in [4.69, 9.17) is 16.3 Å². The van der Waals surface area contributed by atoms with E-state index in [0.717, 1.165) is 21.9 Å². The lowest BCUT2D eigenvalue weighted by molar-refractivity contribution is -0.151. The van der Waals surface area contributed by atoms with Crippen molar-refractivity contribution >= 4 is 34.0 Å². The molecular formula is C15H15ClN2O2S. The number of carbonyl (C=O) groups is 1. The van der Waals surface area contributed by atoms with Crippen LogP contribution in [0.3, 0.4) is 0 Å². The van der Waals surface area contributed by atoms with Crippen LogP contribution < -0.4 is 5.32 Å². The van der Waals surface area contributed by atoms with Crippen molar-refractivity contribution in [3.8, 4) is 0 Å². The summed E-state index contributed by atoms with van der Waals surface area (Å²) in [6, 6.07) is 7.74. The van der Waals surface area contributed by atoms with E-state index in [1.165, 1.54) is 11.3 Å². The van der Waals surface area contributed by atoms with Crippen LogP contribution in [0.4, 0.5) is 5.13 Å². The molecule has 0 aliphatic carbocycles. The highest BCUT2D eigenvalue weighted by Crippen LogP contribution is 2.29. The van der Waals surface area contributed by atoms with Gasteiger partial charge in [-0.25, -0.2) is 4.98 Å². The summed E-state index contributed by atoms with van der Waals surface area (Å²) in [5, 5.41) is 4.22. The van der Waals surface area contributed by atoms with Crippen molar-refractivity contribution in [1.82, 2.24) is 4.98 Å². The summed E-state index contributed by atoms with van der Waals surface area (Å²) >= 11 is 7.46. The van der Waals surface area contributed by atoms with Gasteiger partial charge in [-0.15, -0.1) is 11.3 Å². The van der Waals surface area contributed by atoms with Gasteiger partial charge in [0.05, 0.1) is 18.6 Å². The number of halogens is 1. The first-order chi connectivity index (χ1) is 10.0. The van der Waals surface area contributed by atoms with E-state index in [9.17, 15) is 4.79 Å². The fourth-order valence-corrected chi connectivity index (χ4v) is 3.14. The maximum absolute atomic E-state index is 12.1. The van der Waals surface area contributed by atoms with E-state index in [2.05, 4.69) is 10.3 Å². The van der Waals surface area contributed by atoms with Gasteiger partial charge in [-0.2, -0.15) is 0 Å². The predicted octanol–water partition coefficient (Wildman–Crippen LogP) is 3.36. The highest BCUT2D eigenvalue weighted by molar-refractivity contribution is 7.15. The number of aromatic nitrogens is 1. The van der Waals surface area contributed by atoms with Gasteiger partial charge in [-0.1, -0.05) is 23.7 Å². The van der Waals surface area contributed by atoms with E-state index >= 15 is 0 Å². The molecule has 110 valence electrons. The number of nitrogens with zero attached hydrogens (tertiary/aromatic N) is 1. The molecule has 2 aromatic rings. The fraction of sp³-hybridized carbons (Fsp3) is 0.333. The first kappa shape index (κ1) is 14.5. The molecule has 21 heavy (non-hydrogen) atoms. The third-order valence-corrected chi connectivity index (χ3v) is 4.58. The second kappa shape index (κ2) is 5.75. The van der Waals surface area contributed by atoms with Gasteiger partial charge < -0.3 is 10.1 Å². The summed E-state index contributed by atoms with van der Waals surface area (Å²) in [6.07, 6.45) is 2.55. The van der Waals surface area contributed by atoms with Crippen LogP contribution in [-0.4, -0.2) is 24.1 Å². The number of nitrogens with one attached hydrogen (secondary N) is 1. The Morgan fingerprint density at radius 3 is 3.00 bits per heavy atom. The van der Waals surface area contributed by atoms with Crippen molar-refractivity contribution < 1.29 is 9.53 Å². The monoisotopic (exact) mass is 322 g/mol. The second-order valence-corrected chi connectivity index (χ2v) is 7.00. The highest BCUT2D eigenvalue weighted by atomic mass is 35.5. The van der Waals surface area contributed by atoms with Crippen molar-refractivity contribution in [1.29, 1.82) is 0 Å². The zero-order valence-corrected chi connectivity index (χ0v) is 13.1. The quantitative estimate of drug-likeness (QED) is 0.939. The first-order valence-corrected chi connectivity index (χ1v) is 7.83. The summed E-state index contributed by atoms with van der Waals surface area (Å²) in [4.78, 5) is 17.4. The molecule has 1 amide bonds. The molecule has 0 spiro atoms. The van der Waals surface area contributed by atoms with Crippen LogP contribution in [0, 0.1) is 5.41 Å². The number of ether oxygens (including phenoxy) is 1. The van der Waals surface area contributed by atoms with E-state index in [0.29, 0.717) is 18.3 Å². The number of anilines is 1. The van der Waals surface area contributed by atoms with E-state index in [1.54, 1.807) is 6.20 Å². The average Bonchev–Trinajstić information content (AvgIpc) is 2.83. The first-order valence-electron chi connectivity index (χ1n) is 6.63. The molecule has 3 rings (SSSR count). The van der Waals surface area contributed by atoms with E-state index in [-0.39, 0.29) is 5.91 Å². The van der Waals surface area contributed by atoms with Crippen LogP contribution in [-0.2, 0) is 16.0 Å². The molecular weight excluding hydrogens is 308 g/mol. The molecule has 4 nitrogen and oxygen atoms in total. The Bertz CT molecular complexity index is 667. The SMILES string of the molecule is CC1(C(=O)Nc2ncc(Cc3cccc(Cl)c3)s2)COC1. The van der Waals surface area contributed by atoms with Crippen LogP contribution in [0.15, 0.2) is 30.5 Å². The van der Waals surface area contributed by atoms with Gasteiger partial charge >= 0.3 is 0 Å². The minimum atomic E-state index is -0.418. The molecule has 1 fully saturated rings. The van der Waals surface area contributed by atoms with Crippen LogP contribution in [0.1, 0.15) is 17.4 Å². The Morgan fingerprint density at radius 2 is 2.33 bits per heavy atom. The lowest BCUT2D eigenvalue weighted by atomic mass is 9.88. The molecule has 6 heteroatoms. The van der Waals surface area contributed by atoms with Crippen molar-refractivity contribution in [3.05, 3.63) is 45.9 Å². The molecule has 1 aliphatic heterocycles. The lowest BCUT2D eigenvalue weighted by Crippen LogP contribution is -2.49. The fourth-order valence-electron chi connectivity index (χ4n) is 2.08. The Kier molecular flexibility index (Phi) is 3.97. The zero-order valence-electron chi connectivity index (χ0n) is 11.6. The van der Waals surface area contributed by atoms with Gasteiger partial charge in [-0.3, -0.25) is 4.79 Å². The normalized spacial score (nSPS) is 16.3. The zero-order chi connectivity index (χ0) is 14.9. The molecule has 0 radical (unpaired) electrons. The number of hydrogen-bond acceptors (Lipinski definition) is 4. The Morgan fingerprint density at radius 1 is 1.52 bits per heavy atom. The van der Waals surface area contributed by atoms with E-state index < -0.39 is 5.41 Å². The number of amides is 1. The largest absolute Gasteiger partial charge is 0.379 e. The number of hydrogen-bond donors (Lipinski definition) is 1. The number of benzene rings is 1. The summed E-state index contributed by atoms with van der Waals surface area (Å²) in [6.45, 7) is 2.84. The van der Waals surface area contributed by atoms with Crippen molar-refractivity contribution in [2.75, 3.05) is 18.5 Å². The standard InChI is InChI=1S/C15H15ClN2O2S/c1-15(8-20-9-15)13(19)18-14-17-7-12(21-14)6-10-3-2-4-11(16)5-10/h2-5,7H,6,8-9H2,1H3,(H,17,18,19). The number of rotatable bonds is 4. The molecule has 1 saturated heterocycles. The third-order valence-electron chi connectivity index (χ3n) is 3.43. The molecule has 1 aliphatic rings. The van der Waals surface area contributed by atoms with Crippen molar-refractivity contribution in [2.45, 2.75) is 13.3 Å². The summed E-state index contributed by atoms with van der Waals surface area (Å²) in [7, 11) is 0. The molecule has 0 saturated carbocycles. The lowest BCUT2D eigenvalue weighted by Gasteiger charge is -2.35. The Labute approximate surface area is 132 Å². The second-order valence-electron chi connectivity index (χ2n) is 5.45. The predicted molar refractivity (Wildman–Crippen MR) is 83.9 cm³/mol. The summed E-state index contributed by atoms with van der Waals surface area (Å²) in [5.74, 6) is -0.0302. The highest BCUT2D eigenvalue weighted by Gasteiger charge is 2.41. The third kappa shape index (κ3) is 3.26. The van der Waals surface area contributed by atoms with Gasteiger partial charge in [0, 0.05) is 22.5 Å². The van der Waals surface area contributed by atoms with Crippen LogP contribution >= 0.6 is 22.9 Å². The minimum absolute atomic E-state index is 0.0302. The molecule has 1 N–H and O–H groups in total. The number of thiazole rings is 1. The van der Waals surface area contributed by atoms with Crippen LogP contribution in [0.25, 0.3) is 0 Å². The molecule has 1 aromatic heterocycles. The van der Waals surface area contributed by atoms with Crippen molar-refractivity contribution in [2.24, 2.45) is 5.41 Å².